The molecule has 1 fully saturated rings. The fourth-order valence-corrected chi connectivity index (χ4v) is 2.68. The number of halogens is 1. The van der Waals surface area contributed by atoms with Gasteiger partial charge in [-0.25, -0.2) is 4.68 Å². The van der Waals surface area contributed by atoms with Crippen molar-refractivity contribution in [2.45, 2.75) is 32.9 Å². The van der Waals surface area contributed by atoms with E-state index in [0.717, 1.165) is 12.2 Å². The second-order valence-electron chi connectivity index (χ2n) is 5.87. The number of aryl methyl sites for hydroxylation is 1. The average Bonchev–Trinajstić information content (AvgIpc) is 3.00. The predicted octanol–water partition coefficient (Wildman–Crippen LogP) is 1.82. The van der Waals surface area contributed by atoms with Crippen LogP contribution in [-0.2, 0) is 0 Å². The highest BCUT2D eigenvalue weighted by molar-refractivity contribution is 5.92. The minimum atomic E-state index is -0.0563. The maximum atomic E-state index is 12.6. The Morgan fingerprint density at radius 1 is 1.26 bits per heavy atom. The second-order valence-corrected chi connectivity index (χ2v) is 5.87. The Balaban J connectivity index is 0.00000192. The van der Waals surface area contributed by atoms with Crippen LogP contribution in [0.4, 0.5) is 0 Å². The molecular formula is C16H22ClN5O. The highest BCUT2D eigenvalue weighted by Crippen LogP contribution is 2.14. The first kappa shape index (κ1) is 17.4. The van der Waals surface area contributed by atoms with Gasteiger partial charge in [0.2, 0.25) is 0 Å². The molecule has 2 unspecified atom stereocenters. The first-order valence-corrected chi connectivity index (χ1v) is 7.60. The quantitative estimate of drug-likeness (QED) is 0.909. The minimum Gasteiger partial charge on any atom is -0.332 e. The fourth-order valence-electron chi connectivity index (χ4n) is 2.68. The van der Waals surface area contributed by atoms with Gasteiger partial charge in [-0.1, -0.05) is 22.9 Å². The SMILES string of the molecule is Cc1ccc(-n2cc(C(=O)N3CCNC(C)C3C)nn2)cc1.Cl. The number of carbonyl (C=O) groups excluding carboxylic acids is 1. The lowest BCUT2D eigenvalue weighted by Gasteiger charge is -2.38. The smallest absolute Gasteiger partial charge is 0.276 e. The topological polar surface area (TPSA) is 63.1 Å². The Labute approximate surface area is 142 Å². The molecule has 0 aliphatic carbocycles. The summed E-state index contributed by atoms with van der Waals surface area (Å²) >= 11 is 0. The first-order chi connectivity index (χ1) is 10.6. The highest BCUT2D eigenvalue weighted by Gasteiger charge is 2.30. The first-order valence-electron chi connectivity index (χ1n) is 7.60. The zero-order valence-corrected chi connectivity index (χ0v) is 14.4. The Bertz CT molecular complexity index is 669. The number of hydrogen-bond donors (Lipinski definition) is 1. The Morgan fingerprint density at radius 2 is 1.96 bits per heavy atom. The maximum absolute atomic E-state index is 12.6. The highest BCUT2D eigenvalue weighted by atomic mass is 35.5. The third kappa shape index (κ3) is 3.54. The molecular weight excluding hydrogens is 314 g/mol. The number of carbonyl (C=O) groups is 1. The number of hydrogen-bond acceptors (Lipinski definition) is 4. The summed E-state index contributed by atoms with van der Waals surface area (Å²) in [4.78, 5) is 14.5. The number of nitrogens with one attached hydrogen (secondary N) is 1. The molecule has 1 amide bonds. The molecule has 1 aromatic heterocycles. The molecule has 1 aliphatic rings. The number of benzene rings is 1. The van der Waals surface area contributed by atoms with Crippen LogP contribution in [0, 0.1) is 6.92 Å². The van der Waals surface area contributed by atoms with Gasteiger partial charge in [0.1, 0.15) is 0 Å². The van der Waals surface area contributed by atoms with Crippen molar-refractivity contribution in [1.29, 1.82) is 0 Å². The lowest BCUT2D eigenvalue weighted by molar-refractivity contribution is 0.0597. The van der Waals surface area contributed by atoms with Gasteiger partial charge >= 0.3 is 0 Å². The summed E-state index contributed by atoms with van der Waals surface area (Å²) in [6.07, 6.45) is 1.70. The molecule has 3 rings (SSSR count). The number of rotatable bonds is 2. The summed E-state index contributed by atoms with van der Waals surface area (Å²) in [5.74, 6) is -0.0563. The monoisotopic (exact) mass is 335 g/mol. The number of aromatic nitrogens is 3. The van der Waals surface area contributed by atoms with E-state index in [1.165, 1.54) is 5.56 Å². The normalized spacial score (nSPS) is 20.9. The van der Waals surface area contributed by atoms with Crippen molar-refractivity contribution in [1.82, 2.24) is 25.2 Å². The molecule has 0 bridgehead atoms. The van der Waals surface area contributed by atoms with E-state index in [1.807, 2.05) is 36.1 Å². The van der Waals surface area contributed by atoms with Crippen LogP contribution in [-0.4, -0.2) is 51.0 Å². The van der Waals surface area contributed by atoms with Crippen LogP contribution in [0.25, 0.3) is 5.69 Å². The van der Waals surface area contributed by atoms with Gasteiger partial charge in [-0.2, -0.15) is 0 Å². The predicted molar refractivity (Wildman–Crippen MR) is 91.3 cm³/mol. The van der Waals surface area contributed by atoms with Crippen molar-refractivity contribution in [3.8, 4) is 5.69 Å². The van der Waals surface area contributed by atoms with Gasteiger partial charge < -0.3 is 10.2 Å². The van der Waals surface area contributed by atoms with Crippen molar-refractivity contribution in [3.63, 3.8) is 0 Å². The molecule has 0 saturated carbocycles. The number of amides is 1. The lowest BCUT2D eigenvalue weighted by atomic mass is 10.1. The van der Waals surface area contributed by atoms with Crippen molar-refractivity contribution in [2.24, 2.45) is 0 Å². The van der Waals surface area contributed by atoms with Gasteiger partial charge in [-0.05, 0) is 32.9 Å². The third-order valence-electron chi connectivity index (χ3n) is 4.31. The molecule has 2 atom stereocenters. The molecule has 6 nitrogen and oxygen atoms in total. The van der Waals surface area contributed by atoms with E-state index in [2.05, 4.69) is 29.5 Å². The molecule has 1 saturated heterocycles. The Morgan fingerprint density at radius 3 is 2.65 bits per heavy atom. The summed E-state index contributed by atoms with van der Waals surface area (Å²) in [7, 11) is 0. The number of piperazine rings is 1. The van der Waals surface area contributed by atoms with Crippen LogP contribution >= 0.6 is 12.4 Å². The lowest BCUT2D eigenvalue weighted by Crippen LogP contribution is -2.57. The fraction of sp³-hybridized carbons (Fsp3) is 0.438. The van der Waals surface area contributed by atoms with Crippen LogP contribution < -0.4 is 5.32 Å². The van der Waals surface area contributed by atoms with E-state index >= 15 is 0 Å². The summed E-state index contributed by atoms with van der Waals surface area (Å²) < 4.78 is 1.64. The van der Waals surface area contributed by atoms with E-state index in [-0.39, 0.29) is 30.4 Å². The van der Waals surface area contributed by atoms with Crippen LogP contribution in [0.5, 0.6) is 0 Å². The Kier molecular flexibility index (Phi) is 5.38. The van der Waals surface area contributed by atoms with E-state index in [1.54, 1.807) is 10.9 Å². The van der Waals surface area contributed by atoms with Gasteiger partial charge in [0, 0.05) is 25.2 Å². The standard InChI is InChI=1S/C16H21N5O.ClH/c1-11-4-6-14(7-5-11)21-10-15(18-19-21)16(22)20-9-8-17-12(2)13(20)3;/h4-7,10,12-13,17H,8-9H2,1-3H3;1H. The Hall–Kier alpha value is -1.92. The summed E-state index contributed by atoms with van der Waals surface area (Å²) in [6.45, 7) is 7.68. The van der Waals surface area contributed by atoms with E-state index < -0.39 is 0 Å². The molecule has 1 N–H and O–H groups in total. The van der Waals surface area contributed by atoms with E-state index in [9.17, 15) is 4.79 Å². The van der Waals surface area contributed by atoms with Gasteiger partial charge in [0.25, 0.3) is 5.91 Å². The number of nitrogens with zero attached hydrogens (tertiary/aromatic N) is 4. The van der Waals surface area contributed by atoms with Gasteiger partial charge in [0.15, 0.2) is 5.69 Å². The molecule has 2 heterocycles. The van der Waals surface area contributed by atoms with Crippen LogP contribution in [0.15, 0.2) is 30.5 Å². The summed E-state index contributed by atoms with van der Waals surface area (Å²) in [6, 6.07) is 8.38. The van der Waals surface area contributed by atoms with Crippen molar-refractivity contribution in [3.05, 3.63) is 41.7 Å². The molecule has 124 valence electrons. The maximum Gasteiger partial charge on any atom is 0.276 e. The molecule has 2 aromatic rings. The molecule has 1 aromatic carbocycles. The third-order valence-corrected chi connectivity index (χ3v) is 4.31. The summed E-state index contributed by atoms with van der Waals surface area (Å²) in [5.41, 5.74) is 2.48. The van der Waals surface area contributed by atoms with E-state index in [4.69, 9.17) is 0 Å². The minimum absolute atomic E-state index is 0. The summed E-state index contributed by atoms with van der Waals surface area (Å²) in [5, 5.41) is 11.5. The van der Waals surface area contributed by atoms with Crippen LogP contribution in [0.2, 0.25) is 0 Å². The van der Waals surface area contributed by atoms with E-state index in [0.29, 0.717) is 12.2 Å². The molecule has 23 heavy (non-hydrogen) atoms. The van der Waals surface area contributed by atoms with Gasteiger partial charge in [-0.15, -0.1) is 17.5 Å². The van der Waals surface area contributed by atoms with Crippen molar-refractivity contribution in [2.75, 3.05) is 13.1 Å². The largest absolute Gasteiger partial charge is 0.332 e. The molecule has 7 heteroatoms. The zero-order chi connectivity index (χ0) is 15.7. The molecule has 1 aliphatic heterocycles. The van der Waals surface area contributed by atoms with Crippen molar-refractivity contribution >= 4 is 18.3 Å². The second kappa shape index (κ2) is 7.10. The van der Waals surface area contributed by atoms with Gasteiger partial charge in [-0.3, -0.25) is 4.79 Å². The van der Waals surface area contributed by atoms with Crippen LogP contribution in [0.1, 0.15) is 29.9 Å². The van der Waals surface area contributed by atoms with Gasteiger partial charge in [0.05, 0.1) is 11.9 Å². The zero-order valence-electron chi connectivity index (χ0n) is 13.6. The van der Waals surface area contributed by atoms with Crippen molar-refractivity contribution < 1.29 is 4.79 Å². The average molecular weight is 336 g/mol. The molecule has 0 spiro atoms. The van der Waals surface area contributed by atoms with Crippen LogP contribution in [0.3, 0.4) is 0 Å². The molecule has 0 radical (unpaired) electrons.